The first-order valence-corrected chi connectivity index (χ1v) is 29.1. The van der Waals surface area contributed by atoms with Gasteiger partial charge in [0.25, 0.3) is 5.91 Å². The summed E-state index contributed by atoms with van der Waals surface area (Å²) in [7, 11) is 6.19. The molecule has 5 aliphatic heterocycles. The molecule has 82 heavy (non-hydrogen) atoms. The number of ether oxygens (including phenoxy) is 6. The van der Waals surface area contributed by atoms with E-state index >= 15 is 9.59 Å². The fourth-order valence-electron chi connectivity index (χ4n) is 15.2. The van der Waals surface area contributed by atoms with Gasteiger partial charge in [-0.2, -0.15) is 0 Å². The molecule has 13 atom stereocenters. The Morgan fingerprint density at radius 2 is 1.72 bits per heavy atom. The summed E-state index contributed by atoms with van der Waals surface area (Å²) in [5, 5.41) is 56.9. The number of piperidine rings is 1. The molecule has 1 aliphatic carbocycles. The Labute approximate surface area is 479 Å². The minimum Gasteiger partial charge on any atom is -0.496 e. The standard InChI is InChI=1S/C60H85N7O15/c1-9-38(33-68)82-47(78-7)34-81-55(74)62-23-18-46(69)63-36(4)49(70)80-27-15-22-61-53(72)60(76)51-58(21-26-67-24-14-20-57(11-3,50(58)67)52(60)71)41-28-42(45(77-6)29-44(41)65(51)5)59(54(73)79-8)31-37-30-56(75,10-2)35-66(32-37)25-19-40-39-16-12-13-17-43(39)64-48(40)59/h12-14,16-17,20,28-29,36-38,47,50-52,64,68,71,75-76H,9-11,15,18-19,21-27,30-35H2,1-8H3,(H,61,72)(H,62,74)(H,63,69)/t36?,37-,38?,47?,50?,51?,52-,56?,57-,58-,59+,60+/m1/s1. The first kappa shape index (κ1) is 60.7. The van der Waals surface area contributed by atoms with E-state index in [4.69, 9.17) is 28.4 Å². The van der Waals surface area contributed by atoms with Crippen LogP contribution >= 0.6 is 0 Å². The van der Waals surface area contributed by atoms with E-state index in [0.29, 0.717) is 93.9 Å². The van der Waals surface area contributed by atoms with Gasteiger partial charge in [-0.25, -0.2) is 9.59 Å². The van der Waals surface area contributed by atoms with E-state index in [1.807, 2.05) is 69.1 Å². The number of benzene rings is 2. The zero-order valence-corrected chi connectivity index (χ0v) is 48.7. The fraction of sp³-hybridized carbons (Fsp3) is 0.650. The smallest absolute Gasteiger partial charge is 0.407 e. The van der Waals surface area contributed by atoms with Gasteiger partial charge in [-0.1, -0.05) is 51.1 Å². The number of aliphatic hydroxyl groups excluding tert-OH is 2. The number of carbonyl (C=O) groups excluding carboxylic acids is 5. The van der Waals surface area contributed by atoms with Gasteiger partial charge in [-0.05, 0) is 94.0 Å². The molecule has 8 N–H and O–H groups in total. The van der Waals surface area contributed by atoms with Crippen LogP contribution in [0.4, 0.5) is 10.5 Å². The number of fused-ring (bicyclic) bond motifs is 6. The van der Waals surface area contributed by atoms with Gasteiger partial charge >= 0.3 is 18.0 Å². The van der Waals surface area contributed by atoms with E-state index in [1.165, 1.54) is 21.1 Å². The Morgan fingerprint density at radius 1 is 0.939 bits per heavy atom. The van der Waals surface area contributed by atoms with Gasteiger partial charge in [0.1, 0.15) is 29.9 Å². The monoisotopic (exact) mass is 1140 g/mol. The number of esters is 2. The zero-order valence-electron chi connectivity index (χ0n) is 48.7. The molecule has 22 heteroatoms. The number of nitrogens with zero attached hydrogens (tertiary/aromatic N) is 3. The van der Waals surface area contributed by atoms with Crippen LogP contribution < -0.4 is 25.6 Å². The number of carbonyl (C=O) groups is 5. The van der Waals surface area contributed by atoms with Crippen molar-refractivity contribution in [3.8, 4) is 5.75 Å². The van der Waals surface area contributed by atoms with Crippen molar-refractivity contribution < 1.29 is 72.8 Å². The average molecular weight is 1140 g/mol. The van der Waals surface area contributed by atoms with Gasteiger partial charge < -0.3 is 74.7 Å². The van der Waals surface area contributed by atoms with E-state index in [0.717, 1.165) is 22.0 Å². The van der Waals surface area contributed by atoms with Crippen LogP contribution in [0, 0.1) is 11.3 Å². The maximum absolute atomic E-state index is 15.5. The van der Waals surface area contributed by atoms with Crippen LogP contribution in [-0.2, 0) is 60.1 Å². The predicted octanol–water partition coefficient (Wildman–Crippen LogP) is 2.68. The van der Waals surface area contributed by atoms with Crippen LogP contribution in [0.25, 0.3) is 10.9 Å². The minimum absolute atomic E-state index is 0.0410. The van der Waals surface area contributed by atoms with Gasteiger partial charge in [-0.15, -0.1) is 0 Å². The second kappa shape index (κ2) is 24.4. The Hall–Kier alpha value is -5.85. The summed E-state index contributed by atoms with van der Waals surface area (Å²) in [6, 6.07) is 9.58. The SMILES string of the molecule is CCC(CO)OC(COC(=O)NCCC(=O)NC(C)C(=O)OCCCNC(=O)[C@]1(O)C2N(C)c3cc(OC)c([C@@]4(C(=O)OC)C[C@@H]5CN(CCc6c4[nH]c4ccccc64)CC(O)(CC)C5)cc3[C@@]23CCN2CC=C[C@](CC)(C23)[C@H]1O)OC. The lowest BCUT2D eigenvalue weighted by atomic mass is 9.47. The maximum Gasteiger partial charge on any atom is 0.407 e. The molecular weight excluding hydrogens is 1060 g/mol. The first-order valence-electron chi connectivity index (χ1n) is 29.1. The summed E-state index contributed by atoms with van der Waals surface area (Å²) in [6.45, 7) is 9.56. The maximum atomic E-state index is 15.5. The van der Waals surface area contributed by atoms with Gasteiger partial charge in [-0.3, -0.25) is 24.2 Å². The van der Waals surface area contributed by atoms with Crippen LogP contribution in [0.3, 0.4) is 0 Å². The van der Waals surface area contributed by atoms with Crippen LogP contribution in [0.5, 0.6) is 5.75 Å². The van der Waals surface area contributed by atoms with Crippen LogP contribution in [0.1, 0.15) is 101 Å². The predicted molar refractivity (Wildman–Crippen MR) is 302 cm³/mol. The lowest BCUT2D eigenvalue weighted by Crippen LogP contribution is -2.81. The highest BCUT2D eigenvalue weighted by molar-refractivity contribution is 5.95. The number of hydrogen-bond acceptors (Lipinski definition) is 18. The topological polar surface area (TPSA) is 283 Å². The lowest BCUT2D eigenvalue weighted by molar-refractivity contribution is -0.203. The molecule has 1 saturated carbocycles. The second-order valence-corrected chi connectivity index (χ2v) is 23.5. The third-order valence-corrected chi connectivity index (χ3v) is 19.0. The van der Waals surface area contributed by atoms with Crippen LogP contribution in [0.2, 0.25) is 0 Å². The van der Waals surface area contributed by atoms with E-state index in [9.17, 15) is 34.8 Å². The second-order valence-electron chi connectivity index (χ2n) is 23.5. The summed E-state index contributed by atoms with van der Waals surface area (Å²) >= 11 is 0. The van der Waals surface area contributed by atoms with Crippen molar-refractivity contribution in [1.29, 1.82) is 0 Å². The van der Waals surface area contributed by atoms with Crippen molar-refractivity contribution in [3.63, 3.8) is 0 Å². The molecule has 3 aromatic rings. The highest BCUT2D eigenvalue weighted by Gasteiger charge is 2.78. The van der Waals surface area contributed by atoms with Crippen molar-refractivity contribution in [2.45, 2.75) is 144 Å². The van der Waals surface area contributed by atoms with E-state index in [2.05, 4.69) is 42.9 Å². The third-order valence-electron chi connectivity index (χ3n) is 19.0. The van der Waals surface area contributed by atoms with Crippen molar-refractivity contribution in [2.24, 2.45) is 11.3 Å². The Kier molecular flexibility index (Phi) is 18.1. The third kappa shape index (κ3) is 10.4. The molecule has 1 aromatic heterocycles. The van der Waals surface area contributed by atoms with E-state index < -0.39 is 87.9 Å². The molecule has 2 aromatic carbocycles. The van der Waals surface area contributed by atoms with Crippen LogP contribution in [-0.4, -0.2) is 207 Å². The van der Waals surface area contributed by atoms with Gasteiger partial charge in [0.2, 0.25) is 5.91 Å². The van der Waals surface area contributed by atoms with Gasteiger partial charge in [0.05, 0.1) is 45.2 Å². The number of hydrogen-bond donors (Lipinski definition) is 8. The Morgan fingerprint density at radius 3 is 2.43 bits per heavy atom. The van der Waals surface area contributed by atoms with Crippen molar-refractivity contribution in [1.82, 2.24) is 30.7 Å². The highest BCUT2D eigenvalue weighted by Crippen LogP contribution is 2.67. The number of alkyl carbamates (subject to hydrolysis) is 1. The molecule has 6 aliphatic rings. The van der Waals surface area contributed by atoms with Gasteiger partial charge in [0, 0.05) is 111 Å². The highest BCUT2D eigenvalue weighted by atomic mass is 16.7. The molecule has 7 unspecified atom stereocenters. The van der Waals surface area contributed by atoms with Crippen molar-refractivity contribution in [3.05, 3.63) is 70.9 Å². The molecule has 3 fully saturated rings. The van der Waals surface area contributed by atoms with Crippen LogP contribution in [0.15, 0.2) is 48.6 Å². The fourth-order valence-corrected chi connectivity index (χ4v) is 15.2. The molecule has 6 heterocycles. The lowest BCUT2D eigenvalue weighted by Gasteiger charge is -2.63. The summed E-state index contributed by atoms with van der Waals surface area (Å²) < 4.78 is 33.7. The minimum atomic E-state index is -2.43. The summed E-state index contributed by atoms with van der Waals surface area (Å²) in [6.07, 6.45) is 3.49. The zero-order chi connectivity index (χ0) is 58.9. The number of aromatic nitrogens is 1. The average Bonchev–Trinajstić information content (AvgIpc) is 3.18. The molecule has 2 saturated heterocycles. The number of likely N-dealkylation sites (N-methyl/N-ethyl adjacent to an activating group) is 1. The summed E-state index contributed by atoms with van der Waals surface area (Å²) in [5.41, 5.74) is -2.36. The largest absolute Gasteiger partial charge is 0.496 e. The van der Waals surface area contributed by atoms with Crippen molar-refractivity contribution in [2.75, 3.05) is 98.9 Å². The molecule has 3 amide bonds. The van der Waals surface area contributed by atoms with Crippen molar-refractivity contribution >= 4 is 46.4 Å². The number of nitrogens with one attached hydrogen (secondary N) is 4. The van der Waals surface area contributed by atoms with E-state index in [1.54, 1.807) is 7.11 Å². The van der Waals surface area contributed by atoms with E-state index in [-0.39, 0.29) is 64.1 Å². The Balaban J connectivity index is 0.962. The first-order chi connectivity index (χ1) is 39.3. The molecule has 450 valence electrons. The number of methoxy groups -OCH3 is 3. The molecule has 9 rings (SSSR count). The summed E-state index contributed by atoms with van der Waals surface area (Å²) in [5.74, 6) is -2.28. The Bertz CT molecular complexity index is 2880. The number of H-pyrrole nitrogens is 1. The number of aliphatic hydroxyl groups is 4. The summed E-state index contributed by atoms with van der Waals surface area (Å²) in [4.78, 5) is 79.0. The number of anilines is 1. The number of rotatable bonds is 22. The molecule has 1 spiro atoms. The quantitative estimate of drug-likeness (QED) is 0.0236. The molecule has 0 radical (unpaired) electrons. The number of aromatic amines is 1. The number of para-hydroxylation sites is 1. The normalized spacial score (nSPS) is 30.9. The molecule has 2 bridgehead atoms. The molecule has 22 nitrogen and oxygen atoms in total. The number of amides is 3. The van der Waals surface area contributed by atoms with Gasteiger partial charge in [0.15, 0.2) is 11.9 Å². The molecular formula is C60H85N7O15.